The molecule has 2 amide bonds. The first-order valence-corrected chi connectivity index (χ1v) is 7.86. The number of benzene rings is 1. The molecule has 1 saturated carbocycles. The first-order chi connectivity index (χ1) is 10.2. The van der Waals surface area contributed by atoms with Gasteiger partial charge in [0.1, 0.15) is 0 Å². The third-order valence-corrected chi connectivity index (χ3v) is 4.08. The minimum Gasteiger partial charge on any atom is -0.352 e. The van der Waals surface area contributed by atoms with Crippen molar-refractivity contribution in [1.82, 2.24) is 10.6 Å². The van der Waals surface area contributed by atoms with Crippen LogP contribution >= 0.6 is 11.6 Å². The second kappa shape index (κ2) is 8.03. The summed E-state index contributed by atoms with van der Waals surface area (Å²) < 4.78 is 0. The fourth-order valence-electron chi connectivity index (χ4n) is 2.60. The van der Waals surface area contributed by atoms with Crippen molar-refractivity contribution >= 4 is 23.4 Å². The summed E-state index contributed by atoms with van der Waals surface area (Å²) in [5.74, 6) is -0.459. The van der Waals surface area contributed by atoms with E-state index in [0.29, 0.717) is 10.6 Å². The zero-order valence-corrected chi connectivity index (χ0v) is 12.8. The van der Waals surface area contributed by atoms with Gasteiger partial charge in [0, 0.05) is 6.04 Å². The summed E-state index contributed by atoms with van der Waals surface area (Å²) in [7, 11) is 0. The van der Waals surface area contributed by atoms with Crippen molar-refractivity contribution in [2.75, 3.05) is 6.54 Å². The molecule has 0 radical (unpaired) electrons. The van der Waals surface area contributed by atoms with E-state index in [9.17, 15) is 9.59 Å². The number of halogens is 1. The number of hydrogen-bond donors (Lipinski definition) is 2. The Bertz CT molecular complexity index is 497. The van der Waals surface area contributed by atoms with Gasteiger partial charge in [0.2, 0.25) is 5.91 Å². The standard InChI is InChI=1S/C16H21ClN2O2/c17-14-10-6-5-9-13(14)16(21)18-11-15(20)19-12-7-3-1-2-4-8-12/h5-6,9-10,12H,1-4,7-8,11H2,(H,18,21)(H,19,20). The molecule has 0 unspecified atom stereocenters. The molecule has 1 aromatic carbocycles. The molecule has 4 nitrogen and oxygen atoms in total. The number of rotatable bonds is 4. The van der Waals surface area contributed by atoms with Crippen LogP contribution in [0.25, 0.3) is 0 Å². The average molecular weight is 309 g/mol. The van der Waals surface area contributed by atoms with Crippen molar-refractivity contribution < 1.29 is 9.59 Å². The van der Waals surface area contributed by atoms with Gasteiger partial charge in [0.25, 0.3) is 5.91 Å². The summed E-state index contributed by atoms with van der Waals surface area (Å²) in [6.45, 7) is -0.0133. The van der Waals surface area contributed by atoms with Crippen LogP contribution in [-0.4, -0.2) is 24.4 Å². The highest BCUT2D eigenvalue weighted by Gasteiger charge is 2.16. The molecule has 0 bridgehead atoms. The second-order valence-corrected chi connectivity index (χ2v) is 5.83. The number of nitrogens with one attached hydrogen (secondary N) is 2. The number of carbonyl (C=O) groups is 2. The number of amides is 2. The lowest BCUT2D eigenvalue weighted by Crippen LogP contribution is -2.41. The lowest BCUT2D eigenvalue weighted by atomic mass is 10.1. The Morgan fingerprint density at radius 1 is 1.10 bits per heavy atom. The Balaban J connectivity index is 1.78. The predicted octanol–water partition coefficient (Wildman–Crippen LogP) is 2.91. The van der Waals surface area contributed by atoms with Crippen LogP contribution in [0, 0.1) is 0 Å². The van der Waals surface area contributed by atoms with Gasteiger partial charge in [0.15, 0.2) is 0 Å². The largest absolute Gasteiger partial charge is 0.352 e. The predicted molar refractivity (Wildman–Crippen MR) is 83.4 cm³/mol. The summed E-state index contributed by atoms with van der Waals surface area (Å²) in [5.41, 5.74) is 0.390. The fourth-order valence-corrected chi connectivity index (χ4v) is 2.83. The van der Waals surface area contributed by atoms with E-state index in [-0.39, 0.29) is 24.4 Å². The quantitative estimate of drug-likeness (QED) is 0.840. The lowest BCUT2D eigenvalue weighted by Gasteiger charge is -2.16. The van der Waals surface area contributed by atoms with E-state index < -0.39 is 0 Å². The van der Waals surface area contributed by atoms with E-state index in [1.165, 1.54) is 12.8 Å². The van der Waals surface area contributed by atoms with Crippen molar-refractivity contribution in [2.45, 2.75) is 44.6 Å². The SMILES string of the molecule is O=C(CNC(=O)c1ccccc1Cl)NC1CCCCCC1. The molecule has 0 spiro atoms. The Morgan fingerprint density at radius 2 is 1.76 bits per heavy atom. The van der Waals surface area contributed by atoms with Crippen molar-refractivity contribution in [3.8, 4) is 0 Å². The first kappa shape index (κ1) is 15.8. The zero-order valence-electron chi connectivity index (χ0n) is 12.0. The lowest BCUT2D eigenvalue weighted by molar-refractivity contribution is -0.120. The smallest absolute Gasteiger partial charge is 0.253 e. The van der Waals surface area contributed by atoms with Crippen LogP contribution in [0.5, 0.6) is 0 Å². The van der Waals surface area contributed by atoms with Crippen LogP contribution in [0.15, 0.2) is 24.3 Å². The molecule has 1 aliphatic carbocycles. The maximum Gasteiger partial charge on any atom is 0.253 e. The molecule has 1 fully saturated rings. The van der Waals surface area contributed by atoms with Crippen molar-refractivity contribution in [3.05, 3.63) is 34.9 Å². The molecule has 2 rings (SSSR count). The summed E-state index contributed by atoms with van der Waals surface area (Å²) in [6, 6.07) is 7.05. The summed E-state index contributed by atoms with van der Waals surface area (Å²) in [6.07, 6.45) is 6.88. The van der Waals surface area contributed by atoms with E-state index >= 15 is 0 Å². The van der Waals surface area contributed by atoms with Gasteiger partial charge in [-0.05, 0) is 25.0 Å². The van der Waals surface area contributed by atoms with Gasteiger partial charge in [-0.3, -0.25) is 9.59 Å². The average Bonchev–Trinajstić information content (AvgIpc) is 2.74. The molecule has 1 aliphatic rings. The van der Waals surface area contributed by atoms with Crippen LogP contribution in [0.2, 0.25) is 5.02 Å². The molecule has 0 aliphatic heterocycles. The van der Waals surface area contributed by atoms with Gasteiger partial charge >= 0.3 is 0 Å². The number of carbonyl (C=O) groups excluding carboxylic acids is 2. The molecule has 114 valence electrons. The van der Waals surface area contributed by atoms with Crippen molar-refractivity contribution in [3.63, 3.8) is 0 Å². The third kappa shape index (κ3) is 5.05. The Hall–Kier alpha value is -1.55. The van der Waals surface area contributed by atoms with Gasteiger partial charge in [-0.1, -0.05) is 49.4 Å². The van der Waals surface area contributed by atoms with Gasteiger partial charge in [-0.2, -0.15) is 0 Å². The summed E-state index contributed by atoms with van der Waals surface area (Å²) in [4.78, 5) is 23.8. The van der Waals surface area contributed by atoms with Crippen molar-refractivity contribution in [1.29, 1.82) is 0 Å². The monoisotopic (exact) mass is 308 g/mol. The second-order valence-electron chi connectivity index (χ2n) is 5.42. The number of hydrogen-bond acceptors (Lipinski definition) is 2. The zero-order chi connectivity index (χ0) is 15.1. The summed E-state index contributed by atoms with van der Waals surface area (Å²) in [5, 5.41) is 5.99. The minimum atomic E-state index is -0.323. The Morgan fingerprint density at radius 3 is 2.43 bits per heavy atom. The van der Waals surface area contributed by atoms with Crippen molar-refractivity contribution in [2.24, 2.45) is 0 Å². The summed E-state index contributed by atoms with van der Waals surface area (Å²) >= 11 is 5.95. The third-order valence-electron chi connectivity index (χ3n) is 3.75. The maximum absolute atomic E-state index is 11.9. The van der Waals surface area contributed by atoms with Gasteiger partial charge in [0.05, 0.1) is 17.1 Å². The Labute approximate surface area is 130 Å². The molecular weight excluding hydrogens is 288 g/mol. The van der Waals surface area contributed by atoms with Crippen LogP contribution in [0.4, 0.5) is 0 Å². The van der Waals surface area contributed by atoms with Crippen LogP contribution in [0.3, 0.4) is 0 Å². The molecule has 0 saturated heterocycles. The van der Waals surface area contributed by atoms with E-state index in [1.807, 2.05) is 0 Å². The molecule has 5 heteroatoms. The maximum atomic E-state index is 11.9. The highest BCUT2D eigenvalue weighted by atomic mass is 35.5. The molecule has 0 atom stereocenters. The van der Waals surface area contributed by atoms with E-state index in [2.05, 4.69) is 10.6 Å². The van der Waals surface area contributed by atoms with Gasteiger partial charge in [-0.25, -0.2) is 0 Å². The fraction of sp³-hybridized carbons (Fsp3) is 0.500. The molecule has 1 aromatic rings. The van der Waals surface area contributed by atoms with E-state index in [1.54, 1.807) is 24.3 Å². The highest BCUT2D eigenvalue weighted by Crippen LogP contribution is 2.17. The topological polar surface area (TPSA) is 58.2 Å². The van der Waals surface area contributed by atoms with Crippen LogP contribution < -0.4 is 10.6 Å². The molecule has 21 heavy (non-hydrogen) atoms. The van der Waals surface area contributed by atoms with E-state index in [0.717, 1.165) is 25.7 Å². The molecule has 0 heterocycles. The van der Waals surface area contributed by atoms with Gasteiger partial charge in [-0.15, -0.1) is 0 Å². The minimum absolute atomic E-state index is 0.0133. The first-order valence-electron chi connectivity index (χ1n) is 7.49. The normalized spacial score (nSPS) is 16.0. The molecule has 0 aromatic heterocycles. The van der Waals surface area contributed by atoms with Crippen LogP contribution in [0.1, 0.15) is 48.9 Å². The molecule has 2 N–H and O–H groups in total. The highest BCUT2D eigenvalue weighted by molar-refractivity contribution is 6.33. The Kier molecular flexibility index (Phi) is 6.05. The van der Waals surface area contributed by atoms with E-state index in [4.69, 9.17) is 11.6 Å². The van der Waals surface area contributed by atoms with Gasteiger partial charge < -0.3 is 10.6 Å². The molecular formula is C16H21ClN2O2. The van der Waals surface area contributed by atoms with Crippen LogP contribution in [-0.2, 0) is 4.79 Å².